The number of rotatable bonds is 7. The van der Waals surface area contributed by atoms with E-state index in [2.05, 4.69) is 10.6 Å². The van der Waals surface area contributed by atoms with E-state index in [1.54, 1.807) is 14.2 Å². The van der Waals surface area contributed by atoms with Crippen LogP contribution in [0.3, 0.4) is 0 Å². The van der Waals surface area contributed by atoms with E-state index in [9.17, 15) is 14.7 Å². The smallest absolute Gasteiger partial charge is 0.229 e. The summed E-state index contributed by atoms with van der Waals surface area (Å²) in [5, 5.41) is 20.2. The zero-order valence-corrected chi connectivity index (χ0v) is 26.9. The first kappa shape index (κ1) is 33.4. The van der Waals surface area contributed by atoms with Crippen LogP contribution in [-0.2, 0) is 16.0 Å². The fraction of sp³-hybridized carbons (Fsp3) is 0.389. The SMILES string of the molecule is CCC(O)Cc1c(NC(=O)C(C)(C)C)cc2ccccc2c1OC.COc1cc(NC(=O)C(C)(C)C)cc2ccccc12. The van der Waals surface area contributed by atoms with Crippen LogP contribution < -0.4 is 20.1 Å². The number of fused-ring (bicyclic) bond motifs is 2. The van der Waals surface area contributed by atoms with Crippen molar-refractivity contribution in [3.63, 3.8) is 0 Å². The van der Waals surface area contributed by atoms with Crippen LogP contribution in [0.25, 0.3) is 21.5 Å². The van der Waals surface area contributed by atoms with Gasteiger partial charge in [0.2, 0.25) is 11.8 Å². The van der Waals surface area contributed by atoms with E-state index in [0.717, 1.165) is 38.5 Å². The first-order chi connectivity index (χ1) is 20.2. The zero-order valence-electron chi connectivity index (χ0n) is 26.9. The van der Waals surface area contributed by atoms with E-state index in [1.165, 1.54) is 0 Å². The van der Waals surface area contributed by atoms with Gasteiger partial charge in [-0.25, -0.2) is 0 Å². The Kier molecular flexibility index (Phi) is 10.8. The van der Waals surface area contributed by atoms with Gasteiger partial charge in [-0.1, -0.05) is 97.0 Å². The Morgan fingerprint density at radius 1 is 0.767 bits per heavy atom. The number of hydrogen-bond donors (Lipinski definition) is 3. The summed E-state index contributed by atoms with van der Waals surface area (Å²) in [5.74, 6) is 1.41. The maximum atomic E-state index is 12.5. The molecular formula is C36H46N2O5. The van der Waals surface area contributed by atoms with Gasteiger partial charge in [-0.2, -0.15) is 0 Å². The fourth-order valence-electron chi connectivity index (χ4n) is 4.43. The number of aliphatic hydroxyl groups excluding tert-OH is 1. The van der Waals surface area contributed by atoms with Crippen LogP contribution in [0.15, 0.2) is 66.7 Å². The lowest BCUT2D eigenvalue weighted by Crippen LogP contribution is -2.28. The van der Waals surface area contributed by atoms with Crippen molar-refractivity contribution >= 4 is 44.7 Å². The molecule has 4 aromatic carbocycles. The van der Waals surface area contributed by atoms with Crippen LogP contribution in [0.5, 0.6) is 11.5 Å². The van der Waals surface area contributed by atoms with Gasteiger partial charge in [0.1, 0.15) is 11.5 Å². The van der Waals surface area contributed by atoms with Gasteiger partial charge in [0.15, 0.2) is 0 Å². The highest BCUT2D eigenvalue weighted by Gasteiger charge is 2.25. The van der Waals surface area contributed by atoms with Gasteiger partial charge >= 0.3 is 0 Å². The van der Waals surface area contributed by atoms with Gasteiger partial charge in [-0.05, 0) is 29.3 Å². The molecule has 1 unspecified atom stereocenters. The second-order valence-electron chi connectivity index (χ2n) is 12.7. The number of anilines is 2. The van der Waals surface area contributed by atoms with E-state index >= 15 is 0 Å². The Labute approximate surface area is 255 Å². The number of carbonyl (C=O) groups is 2. The Morgan fingerprint density at radius 2 is 1.30 bits per heavy atom. The third-order valence-electron chi connectivity index (χ3n) is 7.13. The zero-order chi connectivity index (χ0) is 31.9. The predicted molar refractivity (Wildman–Crippen MR) is 177 cm³/mol. The van der Waals surface area contributed by atoms with Gasteiger partial charge in [0, 0.05) is 51.0 Å². The summed E-state index contributed by atoms with van der Waals surface area (Å²) in [5.41, 5.74) is 1.38. The third kappa shape index (κ3) is 8.48. The summed E-state index contributed by atoms with van der Waals surface area (Å²) in [6.07, 6.45) is 0.595. The Hall–Kier alpha value is -4.10. The molecule has 0 fully saturated rings. The molecule has 0 aliphatic carbocycles. The summed E-state index contributed by atoms with van der Waals surface area (Å²) in [6, 6.07) is 21.6. The van der Waals surface area contributed by atoms with Crippen molar-refractivity contribution < 1.29 is 24.2 Å². The van der Waals surface area contributed by atoms with Crippen LogP contribution in [0.4, 0.5) is 11.4 Å². The molecule has 230 valence electrons. The highest BCUT2D eigenvalue weighted by Crippen LogP contribution is 2.37. The number of nitrogens with one attached hydrogen (secondary N) is 2. The molecule has 2 amide bonds. The lowest BCUT2D eigenvalue weighted by atomic mass is 9.94. The van der Waals surface area contributed by atoms with E-state index < -0.39 is 16.9 Å². The first-order valence-corrected chi connectivity index (χ1v) is 14.7. The van der Waals surface area contributed by atoms with Gasteiger partial charge < -0.3 is 25.2 Å². The van der Waals surface area contributed by atoms with E-state index in [1.807, 2.05) is 115 Å². The molecule has 7 heteroatoms. The molecular weight excluding hydrogens is 540 g/mol. The van der Waals surface area contributed by atoms with Crippen molar-refractivity contribution in [2.75, 3.05) is 24.9 Å². The van der Waals surface area contributed by atoms with E-state index in [-0.39, 0.29) is 11.8 Å². The number of aliphatic hydroxyl groups is 1. The minimum Gasteiger partial charge on any atom is -0.496 e. The molecule has 0 bridgehead atoms. The van der Waals surface area contributed by atoms with Crippen LogP contribution in [0.2, 0.25) is 0 Å². The molecule has 0 spiro atoms. The lowest BCUT2D eigenvalue weighted by Gasteiger charge is -2.23. The van der Waals surface area contributed by atoms with Crippen molar-refractivity contribution in [3.05, 3.63) is 72.3 Å². The summed E-state index contributed by atoms with van der Waals surface area (Å²) in [7, 11) is 3.26. The maximum absolute atomic E-state index is 12.5. The average Bonchev–Trinajstić information content (AvgIpc) is 2.96. The molecule has 4 rings (SSSR count). The number of ether oxygens (including phenoxy) is 2. The minimum atomic E-state index is -0.500. The number of methoxy groups -OCH3 is 2. The largest absolute Gasteiger partial charge is 0.496 e. The topological polar surface area (TPSA) is 96.9 Å². The summed E-state index contributed by atoms with van der Waals surface area (Å²) >= 11 is 0. The maximum Gasteiger partial charge on any atom is 0.229 e. The Bertz CT molecular complexity index is 1580. The predicted octanol–water partition coefficient (Wildman–Crippen LogP) is 7.98. The minimum absolute atomic E-state index is 0.00941. The average molecular weight is 587 g/mol. The molecule has 0 radical (unpaired) electrons. The fourth-order valence-corrected chi connectivity index (χ4v) is 4.43. The summed E-state index contributed by atoms with van der Waals surface area (Å²) in [6.45, 7) is 13.2. The molecule has 4 aromatic rings. The van der Waals surface area contributed by atoms with Crippen LogP contribution in [0.1, 0.15) is 60.5 Å². The van der Waals surface area contributed by atoms with Crippen molar-refractivity contribution in [2.45, 2.75) is 67.4 Å². The lowest BCUT2D eigenvalue weighted by molar-refractivity contribution is -0.123. The molecule has 7 nitrogen and oxygen atoms in total. The summed E-state index contributed by atoms with van der Waals surface area (Å²) in [4.78, 5) is 24.5. The van der Waals surface area contributed by atoms with Crippen LogP contribution in [-0.4, -0.2) is 37.2 Å². The molecule has 0 aliphatic rings. The number of carbonyl (C=O) groups excluding carboxylic acids is 2. The van der Waals surface area contributed by atoms with Gasteiger partial charge in [-0.15, -0.1) is 0 Å². The van der Waals surface area contributed by atoms with Crippen molar-refractivity contribution in [1.82, 2.24) is 0 Å². The normalized spacial score (nSPS) is 12.2. The molecule has 1 atom stereocenters. The number of amides is 2. The molecule has 0 saturated heterocycles. The van der Waals surface area contributed by atoms with Crippen molar-refractivity contribution in [3.8, 4) is 11.5 Å². The van der Waals surface area contributed by atoms with Crippen molar-refractivity contribution in [1.29, 1.82) is 0 Å². The molecule has 0 heterocycles. The second-order valence-corrected chi connectivity index (χ2v) is 12.7. The standard InChI is InChI=1S/C20H27NO3.C16H19NO2/c1-6-14(22)12-16-17(21-19(23)20(2,3)4)11-13-9-7-8-10-15(13)18(16)24-5;1-16(2,3)15(18)17-12-9-11-7-5-6-8-13(11)14(10-12)19-4/h7-11,14,22H,6,12H2,1-5H3,(H,21,23);5-10H,1-4H3,(H,17,18). The van der Waals surface area contributed by atoms with Gasteiger partial charge in [-0.3, -0.25) is 9.59 Å². The molecule has 3 N–H and O–H groups in total. The highest BCUT2D eigenvalue weighted by molar-refractivity contribution is 6.01. The molecule has 0 aromatic heterocycles. The van der Waals surface area contributed by atoms with Crippen molar-refractivity contribution in [2.24, 2.45) is 10.8 Å². The summed E-state index contributed by atoms with van der Waals surface area (Å²) < 4.78 is 11.0. The second kappa shape index (κ2) is 13.9. The number of benzene rings is 4. The molecule has 43 heavy (non-hydrogen) atoms. The van der Waals surface area contributed by atoms with Crippen LogP contribution in [0, 0.1) is 10.8 Å². The third-order valence-corrected chi connectivity index (χ3v) is 7.13. The van der Waals surface area contributed by atoms with Crippen LogP contribution >= 0.6 is 0 Å². The molecule has 0 saturated carbocycles. The van der Waals surface area contributed by atoms with E-state index in [4.69, 9.17) is 9.47 Å². The Balaban J connectivity index is 0.000000242. The van der Waals surface area contributed by atoms with Gasteiger partial charge in [0.05, 0.1) is 20.3 Å². The number of hydrogen-bond acceptors (Lipinski definition) is 5. The van der Waals surface area contributed by atoms with Gasteiger partial charge in [0.25, 0.3) is 0 Å². The quantitative estimate of drug-likeness (QED) is 0.204. The highest BCUT2D eigenvalue weighted by atomic mass is 16.5. The monoisotopic (exact) mass is 586 g/mol. The Morgan fingerprint density at radius 3 is 1.84 bits per heavy atom. The van der Waals surface area contributed by atoms with E-state index in [0.29, 0.717) is 24.3 Å². The molecule has 0 aliphatic heterocycles. The first-order valence-electron chi connectivity index (χ1n) is 14.7.